The Morgan fingerprint density at radius 1 is 1.23 bits per heavy atom. The lowest BCUT2D eigenvalue weighted by molar-refractivity contribution is 0.0730. The Hall–Kier alpha value is -1.78. The van der Waals surface area contributed by atoms with Crippen LogP contribution in [0.2, 0.25) is 0 Å². The molecule has 1 atom stereocenters. The smallest absolute Gasteiger partial charge is 0.251 e. The molecule has 9 heteroatoms. The molecule has 0 aliphatic carbocycles. The summed E-state index contributed by atoms with van der Waals surface area (Å²) >= 11 is 1.42. The van der Waals surface area contributed by atoms with Crippen molar-refractivity contribution in [1.82, 2.24) is 9.62 Å². The van der Waals surface area contributed by atoms with Crippen LogP contribution in [-0.2, 0) is 14.8 Å². The molecule has 1 fully saturated rings. The largest absolute Gasteiger partial charge is 0.386 e. The lowest BCUT2D eigenvalue weighted by Crippen LogP contribution is -2.40. The van der Waals surface area contributed by atoms with Crippen molar-refractivity contribution >= 4 is 27.3 Å². The highest BCUT2D eigenvalue weighted by Gasteiger charge is 2.26. The van der Waals surface area contributed by atoms with E-state index in [-0.39, 0.29) is 17.3 Å². The second-order valence-corrected chi connectivity index (χ2v) is 8.70. The number of carbonyl (C=O) groups is 1. The van der Waals surface area contributed by atoms with Gasteiger partial charge in [-0.05, 0) is 35.7 Å². The van der Waals surface area contributed by atoms with Crippen molar-refractivity contribution in [3.05, 3.63) is 52.2 Å². The highest BCUT2D eigenvalue weighted by atomic mass is 32.2. The van der Waals surface area contributed by atoms with E-state index >= 15 is 0 Å². The number of nitrogens with one attached hydrogen (secondary N) is 1. The second kappa shape index (κ2) is 8.28. The fourth-order valence-electron chi connectivity index (χ4n) is 2.59. The summed E-state index contributed by atoms with van der Waals surface area (Å²) in [6.45, 7) is 1.50. The number of thiophene rings is 1. The molecule has 1 aromatic carbocycles. The van der Waals surface area contributed by atoms with Gasteiger partial charge in [0.25, 0.3) is 5.91 Å². The lowest BCUT2D eigenvalue weighted by atomic mass is 10.2. The fourth-order valence-corrected chi connectivity index (χ4v) is 4.71. The Kier molecular flexibility index (Phi) is 6.05. The van der Waals surface area contributed by atoms with Gasteiger partial charge in [0, 0.05) is 30.1 Å². The van der Waals surface area contributed by atoms with Crippen molar-refractivity contribution in [2.45, 2.75) is 11.0 Å². The molecule has 3 rings (SSSR count). The van der Waals surface area contributed by atoms with Gasteiger partial charge >= 0.3 is 0 Å². The molecule has 1 aliphatic rings. The van der Waals surface area contributed by atoms with E-state index in [1.807, 2.05) is 11.4 Å². The summed E-state index contributed by atoms with van der Waals surface area (Å²) in [5.74, 6) is -0.365. The number of hydrogen-bond acceptors (Lipinski definition) is 6. The molecule has 1 amide bonds. The van der Waals surface area contributed by atoms with Crippen LogP contribution in [0.3, 0.4) is 0 Å². The Balaban J connectivity index is 1.62. The number of amides is 1. The van der Waals surface area contributed by atoms with Crippen molar-refractivity contribution in [3.63, 3.8) is 0 Å². The highest BCUT2D eigenvalue weighted by molar-refractivity contribution is 7.89. The Bertz CT molecular complexity index is 829. The number of sulfonamides is 1. The van der Waals surface area contributed by atoms with E-state index in [0.717, 1.165) is 4.88 Å². The van der Waals surface area contributed by atoms with Gasteiger partial charge in [0.2, 0.25) is 10.0 Å². The number of nitrogens with zero attached hydrogens (tertiary/aromatic N) is 1. The van der Waals surface area contributed by atoms with E-state index < -0.39 is 16.1 Å². The molecule has 1 aromatic heterocycles. The Morgan fingerprint density at radius 3 is 2.54 bits per heavy atom. The maximum absolute atomic E-state index is 12.6. The summed E-state index contributed by atoms with van der Waals surface area (Å²) in [7, 11) is -3.58. The lowest BCUT2D eigenvalue weighted by Gasteiger charge is -2.26. The molecule has 26 heavy (non-hydrogen) atoms. The van der Waals surface area contributed by atoms with E-state index in [0.29, 0.717) is 31.9 Å². The van der Waals surface area contributed by atoms with E-state index in [1.54, 1.807) is 6.07 Å². The summed E-state index contributed by atoms with van der Waals surface area (Å²) in [5, 5.41) is 14.5. The molecule has 1 saturated heterocycles. The number of carbonyl (C=O) groups excluding carboxylic acids is 1. The van der Waals surface area contributed by atoms with Gasteiger partial charge in [-0.3, -0.25) is 4.79 Å². The molecule has 0 spiro atoms. The van der Waals surface area contributed by atoms with Gasteiger partial charge in [0.05, 0.1) is 18.1 Å². The highest BCUT2D eigenvalue weighted by Crippen LogP contribution is 2.19. The molecule has 1 unspecified atom stereocenters. The third-order valence-corrected chi connectivity index (χ3v) is 6.94. The predicted molar refractivity (Wildman–Crippen MR) is 97.6 cm³/mol. The van der Waals surface area contributed by atoms with E-state index in [4.69, 9.17) is 4.74 Å². The number of hydrogen-bond donors (Lipinski definition) is 2. The maximum atomic E-state index is 12.6. The number of aliphatic hydroxyl groups excluding tert-OH is 1. The Morgan fingerprint density at radius 2 is 1.92 bits per heavy atom. The zero-order valence-electron chi connectivity index (χ0n) is 14.0. The van der Waals surface area contributed by atoms with Crippen LogP contribution in [0.4, 0.5) is 0 Å². The standard InChI is InChI=1S/C17H20N2O5S2/c20-15(16-2-1-11-25-16)12-18-17(21)13-3-5-14(6-4-13)26(22,23)19-7-9-24-10-8-19/h1-6,11,15,20H,7-10,12H2,(H,18,21). The summed E-state index contributed by atoms with van der Waals surface area (Å²) < 4.78 is 31.7. The fraction of sp³-hybridized carbons (Fsp3) is 0.353. The van der Waals surface area contributed by atoms with E-state index in [9.17, 15) is 18.3 Å². The van der Waals surface area contributed by atoms with Crippen LogP contribution in [0, 0.1) is 0 Å². The zero-order valence-corrected chi connectivity index (χ0v) is 15.6. The average molecular weight is 396 g/mol. The van der Waals surface area contributed by atoms with Crippen LogP contribution in [0.15, 0.2) is 46.7 Å². The molecular weight excluding hydrogens is 376 g/mol. The van der Waals surface area contributed by atoms with Crippen LogP contribution in [0.25, 0.3) is 0 Å². The maximum Gasteiger partial charge on any atom is 0.251 e. The normalized spacial score (nSPS) is 17.0. The van der Waals surface area contributed by atoms with Crippen LogP contribution in [0.5, 0.6) is 0 Å². The average Bonchev–Trinajstić information content (AvgIpc) is 3.21. The molecule has 7 nitrogen and oxygen atoms in total. The molecule has 2 aromatic rings. The summed E-state index contributed by atoms with van der Waals surface area (Å²) in [5.41, 5.74) is 0.337. The summed E-state index contributed by atoms with van der Waals surface area (Å²) in [4.78, 5) is 13.1. The molecule has 0 saturated carbocycles. The second-order valence-electron chi connectivity index (χ2n) is 5.78. The van der Waals surface area contributed by atoms with Gasteiger partial charge in [0.1, 0.15) is 6.10 Å². The minimum absolute atomic E-state index is 0.0905. The number of benzene rings is 1. The van der Waals surface area contributed by atoms with Crippen molar-refractivity contribution in [2.24, 2.45) is 0 Å². The molecule has 2 N–H and O–H groups in total. The van der Waals surface area contributed by atoms with Crippen LogP contribution in [0.1, 0.15) is 21.3 Å². The van der Waals surface area contributed by atoms with Crippen LogP contribution < -0.4 is 5.32 Å². The van der Waals surface area contributed by atoms with Gasteiger partial charge < -0.3 is 15.2 Å². The third-order valence-electron chi connectivity index (χ3n) is 4.05. The molecule has 2 heterocycles. The topological polar surface area (TPSA) is 95.9 Å². The predicted octanol–water partition coefficient (Wildman–Crippen LogP) is 1.23. The van der Waals surface area contributed by atoms with Gasteiger partial charge in [-0.25, -0.2) is 8.42 Å². The SMILES string of the molecule is O=C(NCC(O)c1cccs1)c1ccc(S(=O)(=O)N2CCOCC2)cc1. The van der Waals surface area contributed by atoms with Gasteiger partial charge in [0.15, 0.2) is 0 Å². The third kappa shape index (κ3) is 4.30. The number of ether oxygens (including phenoxy) is 1. The van der Waals surface area contributed by atoms with Crippen molar-refractivity contribution in [3.8, 4) is 0 Å². The number of aliphatic hydroxyl groups is 1. The monoisotopic (exact) mass is 396 g/mol. The first kappa shape index (κ1) is 19.0. The van der Waals surface area contributed by atoms with Crippen molar-refractivity contribution in [1.29, 1.82) is 0 Å². The van der Waals surface area contributed by atoms with E-state index in [2.05, 4.69) is 5.32 Å². The summed E-state index contributed by atoms with van der Waals surface area (Å²) in [6, 6.07) is 9.43. The van der Waals surface area contributed by atoms with Crippen LogP contribution >= 0.6 is 11.3 Å². The van der Waals surface area contributed by atoms with Gasteiger partial charge in [-0.1, -0.05) is 6.07 Å². The van der Waals surface area contributed by atoms with Crippen molar-refractivity contribution in [2.75, 3.05) is 32.8 Å². The molecule has 0 radical (unpaired) electrons. The molecular formula is C17H20N2O5S2. The van der Waals surface area contributed by atoms with Crippen LogP contribution in [-0.4, -0.2) is 56.6 Å². The summed E-state index contributed by atoms with van der Waals surface area (Å²) in [6.07, 6.45) is -0.764. The van der Waals surface area contributed by atoms with Gasteiger partial charge in [-0.15, -0.1) is 11.3 Å². The van der Waals surface area contributed by atoms with Crippen molar-refractivity contribution < 1.29 is 23.1 Å². The molecule has 140 valence electrons. The molecule has 1 aliphatic heterocycles. The Labute approximate surface area is 156 Å². The minimum Gasteiger partial charge on any atom is -0.386 e. The number of rotatable bonds is 6. The van der Waals surface area contributed by atoms with E-state index in [1.165, 1.54) is 39.9 Å². The first-order valence-corrected chi connectivity index (χ1v) is 10.5. The first-order chi connectivity index (χ1) is 12.5. The quantitative estimate of drug-likeness (QED) is 0.766. The van der Waals surface area contributed by atoms with Gasteiger partial charge in [-0.2, -0.15) is 4.31 Å². The number of morpholine rings is 1. The first-order valence-electron chi connectivity index (χ1n) is 8.16. The molecule has 0 bridgehead atoms. The minimum atomic E-state index is -3.58. The zero-order chi connectivity index (χ0) is 18.6.